The Labute approximate surface area is 151 Å². The first-order valence-corrected chi connectivity index (χ1v) is 9.31. The van der Waals surface area contributed by atoms with Crippen molar-refractivity contribution in [1.29, 1.82) is 0 Å². The van der Waals surface area contributed by atoms with Gasteiger partial charge in [-0.25, -0.2) is 0 Å². The number of hydrogen-bond donors (Lipinski definition) is 2. The van der Waals surface area contributed by atoms with Crippen LogP contribution in [-0.2, 0) is 11.2 Å². The number of rotatable bonds is 9. The first-order chi connectivity index (χ1) is 11.7. The number of halogens is 1. The lowest BCUT2D eigenvalue weighted by Gasteiger charge is -2.40. The van der Waals surface area contributed by atoms with E-state index in [1.165, 1.54) is 24.8 Å². The van der Waals surface area contributed by atoms with E-state index in [1.807, 2.05) is 18.2 Å². The minimum Gasteiger partial charge on any atom is -0.385 e. The average Bonchev–Trinajstić information content (AvgIpc) is 2.53. The lowest BCUT2D eigenvalue weighted by atomic mass is 9.67. The molecule has 0 aliphatic heterocycles. The summed E-state index contributed by atoms with van der Waals surface area (Å²) in [6.07, 6.45) is 5.89. The van der Waals surface area contributed by atoms with Crippen LogP contribution in [0.4, 0.5) is 0 Å². The molecule has 0 bridgehead atoms. The van der Waals surface area contributed by atoms with Gasteiger partial charge in [-0.15, -0.1) is 0 Å². The molecular formula is C19H30ClN3O. The van der Waals surface area contributed by atoms with Gasteiger partial charge in [0.15, 0.2) is 5.96 Å². The number of aliphatic imine (C=N–C) groups is 1. The second-order valence-electron chi connectivity index (χ2n) is 6.60. The smallest absolute Gasteiger partial charge is 0.191 e. The van der Waals surface area contributed by atoms with Crippen LogP contribution in [0, 0.1) is 5.41 Å². The van der Waals surface area contributed by atoms with Gasteiger partial charge in [-0.3, -0.25) is 4.99 Å². The quantitative estimate of drug-likeness (QED) is 0.527. The second kappa shape index (κ2) is 9.90. The van der Waals surface area contributed by atoms with Gasteiger partial charge in [0.2, 0.25) is 0 Å². The van der Waals surface area contributed by atoms with Crippen LogP contribution < -0.4 is 10.6 Å². The Morgan fingerprint density at radius 3 is 2.79 bits per heavy atom. The standard InChI is InChI=1S/C19H30ClN3O/c1-3-21-18(22-12-8-16-6-4-7-17(20)14-16)23-15-19(9-5-10-19)11-13-24-2/h4,6-7,14H,3,5,8-13,15H2,1-2H3,(H2,21,22,23). The molecule has 1 aliphatic carbocycles. The third-order valence-corrected chi connectivity index (χ3v) is 5.00. The molecule has 134 valence electrons. The van der Waals surface area contributed by atoms with E-state index in [9.17, 15) is 0 Å². The Balaban J connectivity index is 1.83. The van der Waals surface area contributed by atoms with Crippen molar-refractivity contribution in [1.82, 2.24) is 10.6 Å². The van der Waals surface area contributed by atoms with Crippen molar-refractivity contribution in [2.75, 3.05) is 33.4 Å². The van der Waals surface area contributed by atoms with Crippen molar-refractivity contribution in [3.8, 4) is 0 Å². The molecule has 1 fully saturated rings. The van der Waals surface area contributed by atoms with E-state index in [2.05, 4.69) is 23.6 Å². The van der Waals surface area contributed by atoms with Gasteiger partial charge in [0, 0.05) is 38.4 Å². The van der Waals surface area contributed by atoms with Gasteiger partial charge in [0.05, 0.1) is 0 Å². The van der Waals surface area contributed by atoms with Gasteiger partial charge in [-0.05, 0) is 55.7 Å². The Morgan fingerprint density at radius 2 is 2.17 bits per heavy atom. The fourth-order valence-electron chi connectivity index (χ4n) is 3.09. The van der Waals surface area contributed by atoms with E-state index >= 15 is 0 Å². The normalized spacial score (nSPS) is 16.5. The van der Waals surface area contributed by atoms with E-state index in [4.69, 9.17) is 21.3 Å². The molecular weight excluding hydrogens is 322 g/mol. The summed E-state index contributed by atoms with van der Waals surface area (Å²) < 4.78 is 5.26. The third-order valence-electron chi connectivity index (χ3n) is 4.76. The first kappa shape index (κ1) is 19.1. The molecule has 2 rings (SSSR count). The molecule has 0 heterocycles. The highest BCUT2D eigenvalue weighted by Gasteiger charge is 2.36. The van der Waals surface area contributed by atoms with Gasteiger partial charge >= 0.3 is 0 Å². The molecule has 0 saturated heterocycles. The van der Waals surface area contributed by atoms with Crippen LogP contribution >= 0.6 is 11.6 Å². The maximum absolute atomic E-state index is 6.03. The minimum absolute atomic E-state index is 0.352. The van der Waals surface area contributed by atoms with Gasteiger partial charge in [0.25, 0.3) is 0 Å². The molecule has 1 aromatic carbocycles. The highest BCUT2D eigenvalue weighted by Crippen LogP contribution is 2.44. The zero-order valence-corrected chi connectivity index (χ0v) is 15.7. The largest absolute Gasteiger partial charge is 0.385 e. The molecule has 24 heavy (non-hydrogen) atoms. The summed E-state index contributed by atoms with van der Waals surface area (Å²) in [5, 5.41) is 7.56. The SMILES string of the molecule is CCNC(=NCC1(CCOC)CCC1)NCCc1cccc(Cl)c1. The van der Waals surface area contributed by atoms with E-state index in [1.54, 1.807) is 7.11 Å². The maximum Gasteiger partial charge on any atom is 0.191 e. The lowest BCUT2D eigenvalue weighted by Crippen LogP contribution is -2.41. The fraction of sp³-hybridized carbons (Fsp3) is 0.632. The summed E-state index contributed by atoms with van der Waals surface area (Å²) in [6, 6.07) is 8.02. The zero-order chi connectivity index (χ0) is 17.3. The lowest BCUT2D eigenvalue weighted by molar-refractivity contribution is 0.0778. The third kappa shape index (κ3) is 5.99. The number of nitrogens with zero attached hydrogens (tertiary/aromatic N) is 1. The first-order valence-electron chi connectivity index (χ1n) is 8.93. The van der Waals surface area contributed by atoms with Crippen LogP contribution in [-0.4, -0.2) is 39.3 Å². The van der Waals surface area contributed by atoms with Crippen LogP contribution in [0.25, 0.3) is 0 Å². The van der Waals surface area contributed by atoms with Crippen LogP contribution in [0.1, 0.15) is 38.2 Å². The topological polar surface area (TPSA) is 45.7 Å². The van der Waals surface area contributed by atoms with Crippen molar-refractivity contribution in [3.63, 3.8) is 0 Å². The molecule has 1 aromatic rings. The second-order valence-corrected chi connectivity index (χ2v) is 7.03. The van der Waals surface area contributed by atoms with Crippen LogP contribution in [0.3, 0.4) is 0 Å². The molecule has 0 aromatic heterocycles. The summed E-state index contributed by atoms with van der Waals surface area (Å²) in [6.45, 7) is 5.51. The predicted octanol–water partition coefficient (Wildman–Crippen LogP) is 3.64. The van der Waals surface area contributed by atoms with Gasteiger partial charge in [0.1, 0.15) is 0 Å². The van der Waals surface area contributed by atoms with Crippen molar-refractivity contribution in [2.45, 2.75) is 39.0 Å². The van der Waals surface area contributed by atoms with Crippen molar-refractivity contribution < 1.29 is 4.74 Å². The predicted molar refractivity (Wildman–Crippen MR) is 102 cm³/mol. The molecule has 0 spiro atoms. The van der Waals surface area contributed by atoms with E-state index < -0.39 is 0 Å². The zero-order valence-electron chi connectivity index (χ0n) is 14.9. The monoisotopic (exact) mass is 351 g/mol. The van der Waals surface area contributed by atoms with Gasteiger partial charge in [-0.1, -0.05) is 30.2 Å². The van der Waals surface area contributed by atoms with Crippen LogP contribution in [0.2, 0.25) is 5.02 Å². The molecule has 5 heteroatoms. The summed E-state index contributed by atoms with van der Waals surface area (Å²) in [5.74, 6) is 0.906. The highest BCUT2D eigenvalue weighted by molar-refractivity contribution is 6.30. The number of benzene rings is 1. The van der Waals surface area contributed by atoms with E-state index in [0.29, 0.717) is 5.41 Å². The van der Waals surface area contributed by atoms with Crippen LogP contribution in [0.15, 0.2) is 29.3 Å². The highest BCUT2D eigenvalue weighted by atomic mass is 35.5. The van der Waals surface area contributed by atoms with E-state index in [0.717, 1.165) is 50.1 Å². The number of nitrogens with one attached hydrogen (secondary N) is 2. The van der Waals surface area contributed by atoms with E-state index in [-0.39, 0.29) is 0 Å². The number of ether oxygens (including phenoxy) is 1. The Hall–Kier alpha value is -1.26. The van der Waals surface area contributed by atoms with Crippen molar-refractivity contribution in [2.24, 2.45) is 10.4 Å². The molecule has 0 radical (unpaired) electrons. The van der Waals surface area contributed by atoms with Gasteiger partial charge < -0.3 is 15.4 Å². The molecule has 4 nitrogen and oxygen atoms in total. The Kier molecular flexibility index (Phi) is 7.86. The molecule has 2 N–H and O–H groups in total. The molecule has 0 amide bonds. The summed E-state index contributed by atoms with van der Waals surface area (Å²) in [4.78, 5) is 4.82. The molecule has 0 unspecified atom stereocenters. The van der Waals surface area contributed by atoms with Crippen LogP contribution in [0.5, 0.6) is 0 Å². The summed E-state index contributed by atoms with van der Waals surface area (Å²) in [7, 11) is 1.77. The maximum atomic E-state index is 6.03. The minimum atomic E-state index is 0.352. The Morgan fingerprint density at radius 1 is 1.33 bits per heavy atom. The summed E-state index contributed by atoms with van der Waals surface area (Å²) >= 11 is 6.03. The summed E-state index contributed by atoms with van der Waals surface area (Å²) in [5.41, 5.74) is 1.59. The molecule has 0 atom stereocenters. The number of guanidine groups is 1. The van der Waals surface area contributed by atoms with Gasteiger partial charge in [-0.2, -0.15) is 0 Å². The number of methoxy groups -OCH3 is 1. The molecule has 1 aliphatic rings. The van der Waals surface area contributed by atoms with Crippen molar-refractivity contribution in [3.05, 3.63) is 34.9 Å². The Bertz CT molecular complexity index is 529. The van der Waals surface area contributed by atoms with Crippen molar-refractivity contribution >= 4 is 17.6 Å². The fourth-order valence-corrected chi connectivity index (χ4v) is 3.30. The average molecular weight is 352 g/mol. The number of hydrogen-bond acceptors (Lipinski definition) is 2. The molecule has 1 saturated carbocycles.